The summed E-state index contributed by atoms with van der Waals surface area (Å²) < 4.78 is 0. The van der Waals surface area contributed by atoms with Gasteiger partial charge in [-0.2, -0.15) is 5.26 Å². The predicted molar refractivity (Wildman–Crippen MR) is 56.4 cm³/mol. The van der Waals surface area contributed by atoms with Gasteiger partial charge in [-0.15, -0.1) is 0 Å². The molecule has 0 spiro atoms. The molecule has 0 unspecified atom stereocenters. The highest BCUT2D eigenvalue weighted by Crippen LogP contribution is 2.20. The van der Waals surface area contributed by atoms with E-state index < -0.39 is 0 Å². The summed E-state index contributed by atoms with van der Waals surface area (Å²) in [5.74, 6) is 0.693. The highest BCUT2D eigenvalue weighted by atomic mass is 16.3. The topological polar surface area (TPSA) is 60.2 Å². The molecule has 1 saturated heterocycles. The Labute approximate surface area is 88.8 Å². The summed E-state index contributed by atoms with van der Waals surface area (Å²) in [4.78, 5) is 6.18. The van der Waals surface area contributed by atoms with Crippen molar-refractivity contribution >= 4 is 5.82 Å². The van der Waals surface area contributed by atoms with E-state index in [1.165, 1.54) is 0 Å². The first-order valence-corrected chi connectivity index (χ1v) is 5.09. The average molecular weight is 203 g/mol. The van der Waals surface area contributed by atoms with Gasteiger partial charge in [0.05, 0.1) is 11.7 Å². The Morgan fingerprint density at radius 2 is 2.47 bits per heavy atom. The molecule has 2 rings (SSSR count). The Morgan fingerprint density at radius 1 is 1.60 bits per heavy atom. The van der Waals surface area contributed by atoms with Crippen LogP contribution in [0, 0.1) is 11.3 Å². The van der Waals surface area contributed by atoms with E-state index in [1.54, 1.807) is 18.3 Å². The van der Waals surface area contributed by atoms with Crippen molar-refractivity contribution in [3.8, 4) is 6.07 Å². The van der Waals surface area contributed by atoms with Crippen molar-refractivity contribution in [1.82, 2.24) is 4.98 Å². The monoisotopic (exact) mass is 203 g/mol. The summed E-state index contributed by atoms with van der Waals surface area (Å²) in [6.45, 7) is 1.44. The summed E-state index contributed by atoms with van der Waals surface area (Å²) in [7, 11) is 0. The van der Waals surface area contributed by atoms with E-state index in [1.807, 2.05) is 4.90 Å². The number of β-amino-alcohol motifs (C(OH)–C–C–N with tert-alkyl or cyclic N) is 1. The van der Waals surface area contributed by atoms with E-state index in [0.717, 1.165) is 19.4 Å². The molecular formula is C11H13N3O. The molecule has 0 bridgehead atoms. The zero-order valence-electron chi connectivity index (χ0n) is 8.43. The Bertz CT molecular complexity index is 386. The molecule has 0 aliphatic carbocycles. The molecule has 15 heavy (non-hydrogen) atoms. The standard InChI is InChI=1S/C11H13N3O/c12-7-9-3-1-5-13-11(9)14-6-2-4-10(15)8-14/h1,3,5,10,15H,2,4,6,8H2/t10-/m0/s1. The van der Waals surface area contributed by atoms with Gasteiger partial charge in [-0.3, -0.25) is 0 Å². The minimum atomic E-state index is -0.299. The van der Waals surface area contributed by atoms with Crippen LogP contribution in [0.4, 0.5) is 5.82 Å². The van der Waals surface area contributed by atoms with Gasteiger partial charge >= 0.3 is 0 Å². The number of piperidine rings is 1. The Morgan fingerprint density at radius 3 is 3.20 bits per heavy atom. The van der Waals surface area contributed by atoms with Crippen LogP contribution in [0.2, 0.25) is 0 Å². The lowest BCUT2D eigenvalue weighted by atomic mass is 10.1. The third-order valence-electron chi connectivity index (χ3n) is 2.60. The number of hydrogen-bond acceptors (Lipinski definition) is 4. The third kappa shape index (κ3) is 2.08. The molecule has 0 saturated carbocycles. The fourth-order valence-corrected chi connectivity index (χ4v) is 1.88. The molecule has 1 aromatic heterocycles. The molecule has 78 valence electrons. The normalized spacial score (nSPS) is 21.1. The Balaban J connectivity index is 2.25. The second-order valence-corrected chi connectivity index (χ2v) is 3.73. The second-order valence-electron chi connectivity index (χ2n) is 3.73. The van der Waals surface area contributed by atoms with E-state index in [-0.39, 0.29) is 6.10 Å². The first-order chi connectivity index (χ1) is 7.31. The molecule has 0 aromatic carbocycles. The molecule has 4 heteroatoms. The fraction of sp³-hybridized carbons (Fsp3) is 0.455. The predicted octanol–water partition coefficient (Wildman–Crippen LogP) is 0.914. The molecule has 0 radical (unpaired) electrons. The average Bonchev–Trinajstić information content (AvgIpc) is 2.29. The van der Waals surface area contributed by atoms with Crippen LogP contribution in [-0.2, 0) is 0 Å². The molecule has 4 nitrogen and oxygen atoms in total. The Kier molecular flexibility index (Phi) is 2.84. The SMILES string of the molecule is N#Cc1cccnc1N1CCC[C@H](O)C1. The van der Waals surface area contributed by atoms with E-state index in [0.29, 0.717) is 17.9 Å². The number of anilines is 1. The minimum Gasteiger partial charge on any atom is -0.391 e. The van der Waals surface area contributed by atoms with Crippen molar-refractivity contribution in [2.45, 2.75) is 18.9 Å². The van der Waals surface area contributed by atoms with Gasteiger partial charge in [0.1, 0.15) is 11.9 Å². The van der Waals surface area contributed by atoms with Gasteiger partial charge in [0.25, 0.3) is 0 Å². The zero-order valence-corrected chi connectivity index (χ0v) is 8.43. The third-order valence-corrected chi connectivity index (χ3v) is 2.60. The van der Waals surface area contributed by atoms with Crippen LogP contribution < -0.4 is 4.90 Å². The maximum Gasteiger partial charge on any atom is 0.146 e. The van der Waals surface area contributed by atoms with Crippen molar-refractivity contribution in [3.63, 3.8) is 0 Å². The quantitative estimate of drug-likeness (QED) is 0.737. The summed E-state index contributed by atoms with van der Waals surface area (Å²) in [6.07, 6.45) is 3.16. The molecule has 0 amide bonds. The van der Waals surface area contributed by atoms with Gasteiger partial charge in [0.15, 0.2) is 0 Å². The van der Waals surface area contributed by atoms with Gasteiger partial charge in [-0.25, -0.2) is 4.98 Å². The highest BCUT2D eigenvalue weighted by Gasteiger charge is 2.20. The molecule has 1 aromatic rings. The van der Waals surface area contributed by atoms with Crippen molar-refractivity contribution in [3.05, 3.63) is 23.9 Å². The van der Waals surface area contributed by atoms with Gasteiger partial charge in [0.2, 0.25) is 0 Å². The van der Waals surface area contributed by atoms with Crippen molar-refractivity contribution in [2.75, 3.05) is 18.0 Å². The lowest BCUT2D eigenvalue weighted by Crippen LogP contribution is -2.39. The molecule has 1 fully saturated rings. The van der Waals surface area contributed by atoms with E-state index in [2.05, 4.69) is 11.1 Å². The number of nitrogens with zero attached hydrogens (tertiary/aromatic N) is 3. The summed E-state index contributed by atoms with van der Waals surface area (Å²) in [5, 5.41) is 18.5. The maximum absolute atomic E-state index is 9.55. The number of aliphatic hydroxyl groups excluding tert-OH is 1. The molecule has 1 N–H and O–H groups in total. The van der Waals surface area contributed by atoms with Crippen LogP contribution in [0.25, 0.3) is 0 Å². The first kappa shape index (κ1) is 9.94. The molecule has 1 aliphatic rings. The van der Waals surface area contributed by atoms with Gasteiger partial charge < -0.3 is 10.0 Å². The van der Waals surface area contributed by atoms with Crippen molar-refractivity contribution in [2.24, 2.45) is 0 Å². The number of pyridine rings is 1. The van der Waals surface area contributed by atoms with E-state index in [4.69, 9.17) is 5.26 Å². The van der Waals surface area contributed by atoms with Crippen LogP contribution in [0.3, 0.4) is 0 Å². The zero-order chi connectivity index (χ0) is 10.7. The Hall–Kier alpha value is -1.60. The second kappa shape index (κ2) is 4.28. The van der Waals surface area contributed by atoms with Crippen LogP contribution in [0.1, 0.15) is 18.4 Å². The highest BCUT2D eigenvalue weighted by molar-refractivity contribution is 5.53. The van der Waals surface area contributed by atoms with E-state index in [9.17, 15) is 5.11 Å². The number of rotatable bonds is 1. The van der Waals surface area contributed by atoms with Crippen LogP contribution in [-0.4, -0.2) is 29.3 Å². The van der Waals surface area contributed by atoms with Crippen LogP contribution in [0.5, 0.6) is 0 Å². The van der Waals surface area contributed by atoms with Crippen LogP contribution >= 0.6 is 0 Å². The molecular weight excluding hydrogens is 190 g/mol. The lowest BCUT2D eigenvalue weighted by Gasteiger charge is -2.31. The lowest BCUT2D eigenvalue weighted by molar-refractivity contribution is 0.154. The molecule has 2 heterocycles. The molecule has 1 atom stereocenters. The van der Waals surface area contributed by atoms with Gasteiger partial charge in [-0.1, -0.05) is 0 Å². The largest absolute Gasteiger partial charge is 0.391 e. The fourth-order valence-electron chi connectivity index (χ4n) is 1.88. The van der Waals surface area contributed by atoms with Crippen LogP contribution in [0.15, 0.2) is 18.3 Å². The van der Waals surface area contributed by atoms with Crippen molar-refractivity contribution in [1.29, 1.82) is 5.26 Å². The van der Waals surface area contributed by atoms with Crippen molar-refractivity contribution < 1.29 is 5.11 Å². The maximum atomic E-state index is 9.55. The minimum absolute atomic E-state index is 0.299. The number of hydrogen-bond donors (Lipinski definition) is 1. The summed E-state index contributed by atoms with van der Waals surface area (Å²) >= 11 is 0. The first-order valence-electron chi connectivity index (χ1n) is 5.09. The summed E-state index contributed by atoms with van der Waals surface area (Å²) in [6, 6.07) is 5.63. The van der Waals surface area contributed by atoms with Gasteiger partial charge in [-0.05, 0) is 25.0 Å². The molecule has 1 aliphatic heterocycles. The smallest absolute Gasteiger partial charge is 0.146 e. The summed E-state index contributed by atoms with van der Waals surface area (Å²) in [5.41, 5.74) is 0.576. The number of nitriles is 1. The number of aliphatic hydroxyl groups is 1. The van der Waals surface area contributed by atoms with E-state index >= 15 is 0 Å². The number of aromatic nitrogens is 1. The van der Waals surface area contributed by atoms with Gasteiger partial charge in [0, 0.05) is 19.3 Å².